The average Bonchev–Trinajstić information content (AvgIpc) is 2.93. The molecule has 0 saturated heterocycles. The predicted molar refractivity (Wildman–Crippen MR) is 83.9 cm³/mol. The van der Waals surface area contributed by atoms with Crippen LogP contribution in [0.5, 0.6) is 11.5 Å². The largest absolute Gasteiger partial charge is 0.493 e. The van der Waals surface area contributed by atoms with Crippen LogP contribution in [0, 0.1) is 0 Å². The van der Waals surface area contributed by atoms with Crippen LogP contribution in [0.3, 0.4) is 0 Å². The fourth-order valence-corrected chi connectivity index (χ4v) is 2.99. The van der Waals surface area contributed by atoms with Crippen molar-refractivity contribution >= 4 is 28.5 Å². The predicted octanol–water partition coefficient (Wildman–Crippen LogP) is 1.64. The van der Waals surface area contributed by atoms with Crippen molar-refractivity contribution in [2.45, 2.75) is 13.0 Å². The van der Waals surface area contributed by atoms with E-state index in [-0.39, 0.29) is 0 Å². The lowest BCUT2D eigenvalue weighted by Gasteiger charge is -2.13. The SMILES string of the molecule is OB(O)c1ccccc1OCc1cc(Br)cc2c1OCC2. The van der Waals surface area contributed by atoms with Crippen LogP contribution in [0.25, 0.3) is 0 Å². The van der Waals surface area contributed by atoms with E-state index in [0.717, 1.165) is 22.2 Å². The summed E-state index contributed by atoms with van der Waals surface area (Å²) in [6, 6.07) is 10.9. The van der Waals surface area contributed by atoms with Gasteiger partial charge in [0.05, 0.1) is 6.61 Å². The van der Waals surface area contributed by atoms with E-state index in [4.69, 9.17) is 9.47 Å². The minimum Gasteiger partial charge on any atom is -0.493 e. The molecule has 3 rings (SSSR count). The number of benzene rings is 2. The van der Waals surface area contributed by atoms with Gasteiger partial charge in [0.15, 0.2) is 0 Å². The van der Waals surface area contributed by atoms with Crippen molar-refractivity contribution in [2.24, 2.45) is 0 Å². The van der Waals surface area contributed by atoms with Crippen molar-refractivity contribution < 1.29 is 19.5 Å². The van der Waals surface area contributed by atoms with Crippen LogP contribution in [0.2, 0.25) is 0 Å². The molecular weight excluding hydrogens is 335 g/mol. The number of para-hydroxylation sites is 1. The number of hydrogen-bond donors (Lipinski definition) is 2. The van der Waals surface area contributed by atoms with Gasteiger partial charge in [0.1, 0.15) is 18.1 Å². The molecule has 2 aromatic carbocycles. The van der Waals surface area contributed by atoms with Crippen LogP contribution in [-0.2, 0) is 13.0 Å². The second-order valence-corrected chi connectivity index (χ2v) is 5.77. The van der Waals surface area contributed by atoms with Gasteiger partial charge in [0.25, 0.3) is 0 Å². The van der Waals surface area contributed by atoms with Gasteiger partial charge in [0, 0.05) is 21.9 Å². The molecule has 4 nitrogen and oxygen atoms in total. The lowest BCUT2D eigenvalue weighted by Crippen LogP contribution is -2.31. The average molecular weight is 349 g/mol. The van der Waals surface area contributed by atoms with Crippen molar-refractivity contribution in [3.63, 3.8) is 0 Å². The van der Waals surface area contributed by atoms with E-state index in [1.807, 2.05) is 6.07 Å². The molecule has 0 spiro atoms. The standard InChI is InChI=1S/C15H14BBrO4/c17-12-7-10-5-6-20-15(10)11(8-12)9-21-14-4-2-1-3-13(14)16(18)19/h1-4,7-8,18-19H,5-6,9H2. The Morgan fingerprint density at radius 3 is 2.86 bits per heavy atom. The van der Waals surface area contributed by atoms with Crippen molar-refractivity contribution in [1.82, 2.24) is 0 Å². The number of ether oxygens (including phenoxy) is 2. The zero-order valence-corrected chi connectivity index (χ0v) is 12.8. The molecule has 0 aliphatic carbocycles. The Bertz CT molecular complexity index is 660. The van der Waals surface area contributed by atoms with Crippen LogP contribution in [0.1, 0.15) is 11.1 Å². The summed E-state index contributed by atoms with van der Waals surface area (Å²) in [5, 5.41) is 18.7. The van der Waals surface area contributed by atoms with Crippen LogP contribution < -0.4 is 14.9 Å². The van der Waals surface area contributed by atoms with Crippen molar-refractivity contribution in [2.75, 3.05) is 6.61 Å². The fraction of sp³-hybridized carbons (Fsp3) is 0.200. The highest BCUT2D eigenvalue weighted by Crippen LogP contribution is 2.33. The highest BCUT2D eigenvalue weighted by Gasteiger charge is 2.20. The normalized spacial score (nSPS) is 12.7. The second kappa shape index (κ2) is 6.09. The zero-order chi connectivity index (χ0) is 14.8. The summed E-state index contributed by atoms with van der Waals surface area (Å²) >= 11 is 3.49. The topological polar surface area (TPSA) is 58.9 Å². The third-order valence-corrected chi connectivity index (χ3v) is 3.86. The molecule has 1 aliphatic heterocycles. The Morgan fingerprint density at radius 1 is 1.24 bits per heavy atom. The number of rotatable bonds is 4. The molecule has 0 amide bonds. The summed E-state index contributed by atoms with van der Waals surface area (Å²) in [6.07, 6.45) is 0.897. The first-order valence-electron chi connectivity index (χ1n) is 6.67. The molecule has 0 unspecified atom stereocenters. The first-order valence-corrected chi connectivity index (χ1v) is 7.46. The molecule has 6 heteroatoms. The molecule has 1 aliphatic rings. The van der Waals surface area contributed by atoms with Crippen molar-refractivity contribution in [3.05, 3.63) is 52.0 Å². The van der Waals surface area contributed by atoms with Gasteiger partial charge in [-0.05, 0) is 23.8 Å². The van der Waals surface area contributed by atoms with Gasteiger partial charge in [-0.2, -0.15) is 0 Å². The summed E-state index contributed by atoms with van der Waals surface area (Å²) in [6.45, 7) is 0.996. The van der Waals surface area contributed by atoms with E-state index >= 15 is 0 Å². The van der Waals surface area contributed by atoms with Gasteiger partial charge in [0.2, 0.25) is 0 Å². The Hall–Kier alpha value is -1.50. The summed E-state index contributed by atoms with van der Waals surface area (Å²) in [5.74, 6) is 1.33. The third kappa shape index (κ3) is 3.07. The number of hydrogen-bond acceptors (Lipinski definition) is 4. The zero-order valence-electron chi connectivity index (χ0n) is 11.3. The molecule has 2 aromatic rings. The summed E-state index contributed by atoms with van der Waals surface area (Å²) in [5.41, 5.74) is 2.46. The highest BCUT2D eigenvalue weighted by atomic mass is 79.9. The molecule has 21 heavy (non-hydrogen) atoms. The lowest BCUT2D eigenvalue weighted by molar-refractivity contribution is 0.292. The summed E-state index contributed by atoms with van der Waals surface area (Å²) in [7, 11) is -1.55. The maximum Gasteiger partial charge on any atom is 0.492 e. The molecule has 0 atom stereocenters. The van der Waals surface area contributed by atoms with Crippen LogP contribution >= 0.6 is 15.9 Å². The smallest absolute Gasteiger partial charge is 0.492 e. The molecular formula is C15H14BBrO4. The molecule has 1 heterocycles. The molecule has 2 N–H and O–H groups in total. The maximum atomic E-state index is 9.34. The number of halogens is 1. The van der Waals surface area contributed by atoms with Gasteiger partial charge in [-0.1, -0.05) is 34.1 Å². The lowest BCUT2D eigenvalue weighted by atomic mass is 9.79. The maximum absolute atomic E-state index is 9.34. The highest BCUT2D eigenvalue weighted by molar-refractivity contribution is 9.10. The van der Waals surface area contributed by atoms with Gasteiger partial charge in [-0.25, -0.2) is 0 Å². The van der Waals surface area contributed by atoms with Gasteiger partial charge < -0.3 is 19.5 Å². The summed E-state index contributed by atoms with van der Waals surface area (Å²) < 4.78 is 12.4. The van der Waals surface area contributed by atoms with Crippen molar-refractivity contribution in [1.29, 1.82) is 0 Å². The van der Waals surface area contributed by atoms with Crippen LogP contribution in [0.4, 0.5) is 0 Å². The molecule has 0 fully saturated rings. The molecule has 0 aromatic heterocycles. The van der Waals surface area contributed by atoms with E-state index in [0.29, 0.717) is 24.4 Å². The molecule has 0 bridgehead atoms. The fourth-order valence-electron chi connectivity index (χ4n) is 2.43. The van der Waals surface area contributed by atoms with Gasteiger partial charge in [-0.15, -0.1) is 0 Å². The summed E-state index contributed by atoms with van der Waals surface area (Å²) in [4.78, 5) is 0. The van der Waals surface area contributed by atoms with E-state index in [9.17, 15) is 10.0 Å². The quantitative estimate of drug-likeness (QED) is 0.825. The van der Waals surface area contributed by atoms with E-state index < -0.39 is 7.12 Å². The molecule has 0 saturated carbocycles. The molecule has 0 radical (unpaired) electrons. The Balaban J connectivity index is 1.83. The van der Waals surface area contributed by atoms with E-state index in [1.165, 1.54) is 5.56 Å². The minimum absolute atomic E-state index is 0.311. The second-order valence-electron chi connectivity index (χ2n) is 4.85. The van der Waals surface area contributed by atoms with E-state index in [2.05, 4.69) is 22.0 Å². The first kappa shape index (κ1) is 14.4. The third-order valence-electron chi connectivity index (χ3n) is 3.41. The Morgan fingerprint density at radius 2 is 2.05 bits per heavy atom. The van der Waals surface area contributed by atoms with Gasteiger partial charge in [-0.3, -0.25) is 0 Å². The number of fused-ring (bicyclic) bond motifs is 1. The van der Waals surface area contributed by atoms with Crippen molar-refractivity contribution in [3.8, 4) is 11.5 Å². The Labute approximate surface area is 131 Å². The van der Waals surface area contributed by atoms with Crippen LogP contribution in [-0.4, -0.2) is 23.8 Å². The first-order chi connectivity index (χ1) is 10.1. The van der Waals surface area contributed by atoms with Crippen LogP contribution in [0.15, 0.2) is 40.9 Å². The minimum atomic E-state index is -1.55. The molecule has 108 valence electrons. The van der Waals surface area contributed by atoms with Gasteiger partial charge >= 0.3 is 7.12 Å². The Kier molecular flexibility index (Phi) is 4.19. The monoisotopic (exact) mass is 348 g/mol. The van der Waals surface area contributed by atoms with E-state index in [1.54, 1.807) is 24.3 Å².